The molecule has 1 rings (SSSR count). The number of esters is 1. The molecule has 1 aliphatic heterocycles. The Bertz CT molecular complexity index is 489. The third-order valence-corrected chi connectivity index (χ3v) is 3.73. The fourth-order valence-electron chi connectivity index (χ4n) is 2.39. The van der Waals surface area contributed by atoms with Gasteiger partial charge in [-0.1, -0.05) is 6.42 Å². The van der Waals surface area contributed by atoms with Crippen LogP contribution in [-0.2, 0) is 23.9 Å². The van der Waals surface area contributed by atoms with Gasteiger partial charge < -0.3 is 21.5 Å². The SMILES string of the molecule is CCOC(=O)CN1C(=O)CC[C@H](NC(=O)[C@@H](N)CCCCN)C1=O.Cl. The third kappa shape index (κ3) is 7.37. The Kier molecular flexibility index (Phi) is 11.0. The summed E-state index contributed by atoms with van der Waals surface area (Å²) in [5.74, 6) is -2.17. The molecule has 3 amide bonds. The minimum atomic E-state index is -0.856. The number of unbranched alkanes of at least 4 members (excludes halogenated alkanes) is 1. The van der Waals surface area contributed by atoms with Crippen molar-refractivity contribution >= 4 is 36.1 Å². The van der Waals surface area contributed by atoms with Crippen molar-refractivity contribution in [1.82, 2.24) is 10.2 Å². The minimum Gasteiger partial charge on any atom is -0.465 e. The number of carbonyl (C=O) groups is 4. The number of carbonyl (C=O) groups excluding carboxylic acids is 4. The maximum absolute atomic E-state index is 12.3. The molecule has 0 radical (unpaired) electrons. The number of piperidine rings is 1. The van der Waals surface area contributed by atoms with E-state index in [0.717, 1.165) is 17.7 Å². The van der Waals surface area contributed by atoms with Crippen LogP contribution in [0.1, 0.15) is 39.0 Å². The van der Waals surface area contributed by atoms with E-state index in [-0.39, 0.29) is 31.9 Å². The van der Waals surface area contributed by atoms with E-state index in [1.807, 2.05) is 0 Å². The summed E-state index contributed by atoms with van der Waals surface area (Å²) < 4.78 is 4.75. The summed E-state index contributed by atoms with van der Waals surface area (Å²) in [5, 5.41) is 2.56. The summed E-state index contributed by atoms with van der Waals surface area (Å²) in [4.78, 5) is 48.5. The largest absolute Gasteiger partial charge is 0.465 e. The number of nitrogens with zero attached hydrogens (tertiary/aromatic N) is 1. The van der Waals surface area contributed by atoms with Crippen molar-refractivity contribution in [2.75, 3.05) is 19.7 Å². The number of amides is 3. The van der Waals surface area contributed by atoms with Gasteiger partial charge in [-0.05, 0) is 32.7 Å². The topological polar surface area (TPSA) is 145 Å². The maximum atomic E-state index is 12.3. The molecule has 1 heterocycles. The van der Waals surface area contributed by atoms with Crippen LogP contribution in [0.15, 0.2) is 0 Å². The lowest BCUT2D eigenvalue weighted by atomic mass is 10.0. The van der Waals surface area contributed by atoms with E-state index in [0.29, 0.717) is 13.0 Å². The first-order chi connectivity index (χ1) is 11.4. The molecule has 0 bridgehead atoms. The highest BCUT2D eigenvalue weighted by Crippen LogP contribution is 2.14. The maximum Gasteiger partial charge on any atom is 0.326 e. The molecular weight excluding hydrogens is 352 g/mol. The van der Waals surface area contributed by atoms with Gasteiger partial charge in [0.2, 0.25) is 11.8 Å². The highest BCUT2D eigenvalue weighted by molar-refractivity contribution is 6.04. The molecule has 0 aromatic rings. The third-order valence-electron chi connectivity index (χ3n) is 3.73. The van der Waals surface area contributed by atoms with Gasteiger partial charge in [-0.15, -0.1) is 12.4 Å². The van der Waals surface area contributed by atoms with Crippen LogP contribution in [0.2, 0.25) is 0 Å². The molecule has 1 aliphatic rings. The van der Waals surface area contributed by atoms with Crippen LogP contribution in [0, 0.1) is 0 Å². The van der Waals surface area contributed by atoms with Gasteiger partial charge >= 0.3 is 5.97 Å². The number of hydrogen-bond acceptors (Lipinski definition) is 7. The second-order valence-electron chi connectivity index (χ2n) is 5.61. The van der Waals surface area contributed by atoms with Crippen LogP contribution in [0.4, 0.5) is 0 Å². The van der Waals surface area contributed by atoms with Crippen molar-refractivity contribution in [3.8, 4) is 0 Å². The number of halogens is 1. The highest BCUT2D eigenvalue weighted by Gasteiger charge is 2.37. The first-order valence-corrected chi connectivity index (χ1v) is 8.16. The van der Waals surface area contributed by atoms with E-state index in [1.54, 1.807) is 6.92 Å². The molecule has 9 nitrogen and oxygen atoms in total. The fourth-order valence-corrected chi connectivity index (χ4v) is 2.39. The summed E-state index contributed by atoms with van der Waals surface area (Å²) >= 11 is 0. The van der Waals surface area contributed by atoms with Gasteiger partial charge in [0.1, 0.15) is 12.6 Å². The van der Waals surface area contributed by atoms with Crippen LogP contribution >= 0.6 is 12.4 Å². The van der Waals surface area contributed by atoms with Crippen LogP contribution in [-0.4, -0.2) is 60.4 Å². The van der Waals surface area contributed by atoms with Crippen molar-refractivity contribution in [3.05, 3.63) is 0 Å². The Morgan fingerprint density at radius 3 is 2.64 bits per heavy atom. The Balaban J connectivity index is 0.00000576. The van der Waals surface area contributed by atoms with Crippen molar-refractivity contribution in [1.29, 1.82) is 0 Å². The van der Waals surface area contributed by atoms with Gasteiger partial charge in [-0.3, -0.25) is 24.1 Å². The number of hydrogen-bond donors (Lipinski definition) is 3. The number of ether oxygens (including phenoxy) is 1. The molecule has 1 fully saturated rings. The van der Waals surface area contributed by atoms with Crippen LogP contribution in [0.25, 0.3) is 0 Å². The molecule has 5 N–H and O–H groups in total. The standard InChI is InChI=1S/C15H26N4O5.ClH/c1-2-24-13(21)9-19-12(20)7-6-11(15(19)23)18-14(22)10(17)5-3-4-8-16;/h10-11H,2-9,16-17H2,1H3,(H,18,22);1H/t10-,11-;/m0./s1. The zero-order chi connectivity index (χ0) is 18.1. The Hall–Kier alpha value is -1.71. The highest BCUT2D eigenvalue weighted by atomic mass is 35.5. The van der Waals surface area contributed by atoms with E-state index in [4.69, 9.17) is 16.2 Å². The molecular formula is C15H27ClN4O5. The first kappa shape index (κ1) is 23.3. The number of nitrogens with two attached hydrogens (primary N) is 2. The fraction of sp³-hybridized carbons (Fsp3) is 0.733. The summed E-state index contributed by atoms with van der Waals surface area (Å²) in [5.41, 5.74) is 11.2. The lowest BCUT2D eigenvalue weighted by molar-refractivity contribution is -0.158. The van der Waals surface area contributed by atoms with E-state index in [2.05, 4.69) is 5.32 Å². The van der Waals surface area contributed by atoms with Gasteiger partial charge in [-0.2, -0.15) is 0 Å². The second-order valence-corrected chi connectivity index (χ2v) is 5.61. The molecule has 25 heavy (non-hydrogen) atoms. The molecule has 0 aromatic heterocycles. The van der Waals surface area contributed by atoms with Gasteiger partial charge in [0.15, 0.2) is 0 Å². The molecule has 0 aromatic carbocycles. The molecule has 144 valence electrons. The zero-order valence-corrected chi connectivity index (χ0v) is 15.2. The number of nitrogens with one attached hydrogen (secondary N) is 1. The van der Waals surface area contributed by atoms with Gasteiger partial charge in [-0.25, -0.2) is 0 Å². The normalized spacial score (nSPS) is 18.4. The Morgan fingerprint density at radius 2 is 2.04 bits per heavy atom. The molecule has 0 aliphatic carbocycles. The summed E-state index contributed by atoms with van der Waals surface area (Å²) in [6.45, 7) is 1.88. The minimum absolute atomic E-state index is 0. The smallest absolute Gasteiger partial charge is 0.326 e. The van der Waals surface area contributed by atoms with Crippen molar-refractivity contribution in [3.63, 3.8) is 0 Å². The van der Waals surface area contributed by atoms with Gasteiger partial charge in [0.05, 0.1) is 12.6 Å². The van der Waals surface area contributed by atoms with E-state index in [1.165, 1.54) is 0 Å². The molecule has 1 saturated heterocycles. The van der Waals surface area contributed by atoms with Crippen LogP contribution in [0.5, 0.6) is 0 Å². The number of imide groups is 1. The van der Waals surface area contributed by atoms with Crippen LogP contribution in [0.3, 0.4) is 0 Å². The predicted octanol–water partition coefficient (Wildman–Crippen LogP) is -0.939. The Labute approximate surface area is 153 Å². The lowest BCUT2D eigenvalue weighted by Gasteiger charge is -2.30. The lowest BCUT2D eigenvalue weighted by Crippen LogP contribution is -2.57. The van der Waals surface area contributed by atoms with Crippen molar-refractivity contribution in [2.45, 2.75) is 51.1 Å². The summed E-state index contributed by atoms with van der Waals surface area (Å²) in [7, 11) is 0. The molecule has 0 saturated carbocycles. The summed E-state index contributed by atoms with van der Waals surface area (Å²) in [6, 6.07) is -1.59. The molecule has 10 heteroatoms. The number of likely N-dealkylation sites (tertiary alicyclic amines) is 1. The van der Waals surface area contributed by atoms with Crippen LogP contribution < -0.4 is 16.8 Å². The average molecular weight is 379 g/mol. The van der Waals surface area contributed by atoms with Gasteiger partial charge in [0.25, 0.3) is 5.91 Å². The van der Waals surface area contributed by atoms with E-state index < -0.39 is 42.3 Å². The van der Waals surface area contributed by atoms with Crippen molar-refractivity contribution in [2.24, 2.45) is 11.5 Å². The number of rotatable bonds is 9. The predicted molar refractivity (Wildman–Crippen MR) is 92.6 cm³/mol. The monoisotopic (exact) mass is 378 g/mol. The first-order valence-electron chi connectivity index (χ1n) is 8.16. The van der Waals surface area contributed by atoms with Crippen molar-refractivity contribution < 1.29 is 23.9 Å². The summed E-state index contributed by atoms with van der Waals surface area (Å²) in [6.07, 6.45) is 2.22. The van der Waals surface area contributed by atoms with E-state index in [9.17, 15) is 19.2 Å². The average Bonchev–Trinajstić information content (AvgIpc) is 2.54. The molecule has 0 spiro atoms. The molecule has 2 atom stereocenters. The zero-order valence-electron chi connectivity index (χ0n) is 14.4. The quantitative estimate of drug-likeness (QED) is 0.267. The Morgan fingerprint density at radius 1 is 1.36 bits per heavy atom. The van der Waals surface area contributed by atoms with E-state index >= 15 is 0 Å². The van der Waals surface area contributed by atoms with Gasteiger partial charge in [0, 0.05) is 6.42 Å². The molecule has 0 unspecified atom stereocenters. The second kappa shape index (κ2) is 11.8.